The van der Waals surface area contributed by atoms with Crippen molar-refractivity contribution in [3.8, 4) is 5.75 Å². The maximum atomic E-state index is 12.3. The third-order valence-corrected chi connectivity index (χ3v) is 4.55. The molecule has 0 aromatic heterocycles. The van der Waals surface area contributed by atoms with Crippen LogP contribution in [0.15, 0.2) is 21.1 Å². The highest BCUT2D eigenvalue weighted by Crippen LogP contribution is 2.35. The highest BCUT2D eigenvalue weighted by molar-refractivity contribution is 9.11. The van der Waals surface area contributed by atoms with Gasteiger partial charge in [0.15, 0.2) is 0 Å². The number of benzene rings is 1. The van der Waals surface area contributed by atoms with Gasteiger partial charge in [0.2, 0.25) is 5.91 Å². The largest absolute Gasteiger partial charge is 0.495 e. The normalized spacial score (nSPS) is 18.6. The molecule has 0 bridgehead atoms. The molecule has 1 saturated heterocycles. The maximum absolute atomic E-state index is 12.3. The summed E-state index contributed by atoms with van der Waals surface area (Å²) in [6.45, 7) is 3.66. The Bertz CT molecular complexity index is 590. The molecule has 1 fully saturated rings. The highest BCUT2D eigenvalue weighted by Gasteiger charge is 2.40. The van der Waals surface area contributed by atoms with Crippen LogP contribution in [0, 0.1) is 0 Å². The van der Waals surface area contributed by atoms with Crippen LogP contribution in [0.3, 0.4) is 0 Å². The van der Waals surface area contributed by atoms with Gasteiger partial charge in [0.05, 0.1) is 23.7 Å². The number of ether oxygens (including phenoxy) is 1. The standard InChI is InChI=1S/C14H16Br2N2O3/c1-7(2)18-13(19)6-11(14(18)20)17-10-5-12(21-3)9(16)4-8(10)15/h4-5,7,11,17H,6H2,1-3H3. The van der Waals surface area contributed by atoms with Crippen molar-refractivity contribution in [3.05, 3.63) is 21.1 Å². The smallest absolute Gasteiger partial charge is 0.252 e. The Kier molecular flexibility index (Phi) is 4.93. The minimum Gasteiger partial charge on any atom is -0.495 e. The molecule has 21 heavy (non-hydrogen) atoms. The SMILES string of the molecule is COc1cc(NC2CC(=O)N(C(C)C)C2=O)c(Br)cc1Br. The Morgan fingerprint density at radius 3 is 2.48 bits per heavy atom. The summed E-state index contributed by atoms with van der Waals surface area (Å²) in [5, 5.41) is 3.12. The van der Waals surface area contributed by atoms with Crippen molar-refractivity contribution in [2.24, 2.45) is 0 Å². The number of amides is 2. The predicted molar refractivity (Wildman–Crippen MR) is 87.4 cm³/mol. The van der Waals surface area contributed by atoms with Gasteiger partial charge in [-0.1, -0.05) is 0 Å². The number of halogens is 2. The first-order valence-electron chi connectivity index (χ1n) is 6.50. The number of nitrogens with zero attached hydrogens (tertiary/aromatic N) is 1. The van der Waals surface area contributed by atoms with Gasteiger partial charge >= 0.3 is 0 Å². The van der Waals surface area contributed by atoms with Crippen molar-refractivity contribution >= 4 is 49.4 Å². The van der Waals surface area contributed by atoms with Crippen LogP contribution in [0.4, 0.5) is 5.69 Å². The number of carbonyl (C=O) groups excluding carboxylic acids is 2. The first-order valence-corrected chi connectivity index (χ1v) is 8.09. The fourth-order valence-corrected chi connectivity index (χ4v) is 3.56. The lowest BCUT2D eigenvalue weighted by Crippen LogP contribution is -2.39. The minimum atomic E-state index is -0.540. The molecule has 1 heterocycles. The molecular weight excluding hydrogens is 404 g/mol. The number of nitrogens with one attached hydrogen (secondary N) is 1. The molecule has 0 radical (unpaired) electrons. The van der Waals surface area contributed by atoms with Crippen molar-refractivity contribution in [3.63, 3.8) is 0 Å². The van der Waals surface area contributed by atoms with Crippen LogP contribution in [0.25, 0.3) is 0 Å². The van der Waals surface area contributed by atoms with Crippen molar-refractivity contribution in [1.82, 2.24) is 4.90 Å². The highest BCUT2D eigenvalue weighted by atomic mass is 79.9. The lowest BCUT2D eigenvalue weighted by molar-refractivity contribution is -0.140. The molecule has 1 unspecified atom stereocenters. The summed E-state index contributed by atoms with van der Waals surface area (Å²) in [4.78, 5) is 25.5. The fourth-order valence-electron chi connectivity index (χ4n) is 2.29. The van der Waals surface area contributed by atoms with Gasteiger partial charge in [0.25, 0.3) is 5.91 Å². The van der Waals surface area contributed by atoms with E-state index in [1.54, 1.807) is 13.2 Å². The molecule has 5 nitrogen and oxygen atoms in total. The molecule has 1 N–H and O–H groups in total. The monoisotopic (exact) mass is 418 g/mol. The second kappa shape index (κ2) is 6.36. The zero-order valence-electron chi connectivity index (χ0n) is 11.9. The van der Waals surface area contributed by atoms with Crippen LogP contribution in [-0.4, -0.2) is 35.9 Å². The Labute approximate surface area is 140 Å². The van der Waals surface area contributed by atoms with E-state index in [1.165, 1.54) is 4.90 Å². The summed E-state index contributed by atoms with van der Waals surface area (Å²) < 4.78 is 6.84. The molecule has 2 rings (SSSR count). The van der Waals surface area contributed by atoms with Crippen molar-refractivity contribution in [2.45, 2.75) is 32.4 Å². The Balaban J connectivity index is 2.23. The van der Waals surface area contributed by atoms with Gasteiger partial charge in [-0.3, -0.25) is 14.5 Å². The third kappa shape index (κ3) is 3.23. The average Bonchev–Trinajstić information content (AvgIpc) is 2.67. The van der Waals surface area contributed by atoms with Crippen LogP contribution >= 0.6 is 31.9 Å². The number of anilines is 1. The van der Waals surface area contributed by atoms with Crippen LogP contribution in [0.1, 0.15) is 20.3 Å². The number of hydrogen-bond acceptors (Lipinski definition) is 4. The topological polar surface area (TPSA) is 58.6 Å². The van der Waals surface area contributed by atoms with Crippen LogP contribution in [0.5, 0.6) is 5.75 Å². The summed E-state index contributed by atoms with van der Waals surface area (Å²) in [7, 11) is 1.57. The molecule has 1 aliphatic heterocycles. The Hall–Kier alpha value is -1.08. The van der Waals surface area contributed by atoms with Crippen molar-refractivity contribution < 1.29 is 14.3 Å². The molecule has 0 aliphatic carbocycles. The second-order valence-corrected chi connectivity index (χ2v) is 6.77. The van der Waals surface area contributed by atoms with E-state index >= 15 is 0 Å². The summed E-state index contributed by atoms with van der Waals surface area (Å²) >= 11 is 6.83. The van der Waals surface area contributed by atoms with E-state index in [-0.39, 0.29) is 24.3 Å². The first-order chi connectivity index (χ1) is 9.85. The van der Waals surface area contributed by atoms with Crippen LogP contribution in [-0.2, 0) is 9.59 Å². The van der Waals surface area contributed by atoms with Gasteiger partial charge in [-0.15, -0.1) is 0 Å². The van der Waals surface area contributed by atoms with E-state index in [0.717, 1.165) is 8.95 Å². The quantitative estimate of drug-likeness (QED) is 0.761. The summed E-state index contributed by atoms with van der Waals surface area (Å²) in [5.41, 5.74) is 0.715. The van der Waals surface area contributed by atoms with Gasteiger partial charge in [-0.2, -0.15) is 0 Å². The van der Waals surface area contributed by atoms with Crippen LogP contribution < -0.4 is 10.1 Å². The van der Waals surface area contributed by atoms with E-state index in [0.29, 0.717) is 11.4 Å². The van der Waals surface area contributed by atoms with E-state index < -0.39 is 6.04 Å². The summed E-state index contributed by atoms with van der Waals surface area (Å²) in [6.07, 6.45) is 0.168. The Morgan fingerprint density at radius 1 is 1.29 bits per heavy atom. The van der Waals surface area contributed by atoms with E-state index in [1.807, 2.05) is 19.9 Å². The first kappa shape index (κ1) is 16.3. The van der Waals surface area contributed by atoms with Gasteiger partial charge < -0.3 is 10.1 Å². The predicted octanol–water partition coefficient (Wildman–Crippen LogP) is 3.17. The van der Waals surface area contributed by atoms with Gasteiger partial charge in [0, 0.05) is 16.6 Å². The Morgan fingerprint density at radius 2 is 1.95 bits per heavy atom. The summed E-state index contributed by atoms with van der Waals surface area (Å²) in [6, 6.07) is 2.95. The fraction of sp³-hybridized carbons (Fsp3) is 0.429. The molecular formula is C14H16Br2N2O3. The van der Waals surface area contributed by atoms with Gasteiger partial charge in [-0.25, -0.2) is 0 Å². The molecule has 0 spiro atoms. The molecule has 2 amide bonds. The molecule has 1 atom stereocenters. The van der Waals surface area contributed by atoms with E-state index in [2.05, 4.69) is 37.2 Å². The zero-order chi connectivity index (χ0) is 15.7. The van der Waals surface area contributed by atoms with Crippen molar-refractivity contribution in [2.75, 3.05) is 12.4 Å². The van der Waals surface area contributed by atoms with Gasteiger partial charge in [0.1, 0.15) is 11.8 Å². The number of rotatable bonds is 4. The van der Waals surface area contributed by atoms with E-state index in [4.69, 9.17) is 4.74 Å². The molecule has 114 valence electrons. The van der Waals surface area contributed by atoms with E-state index in [9.17, 15) is 9.59 Å². The van der Waals surface area contributed by atoms with Gasteiger partial charge in [-0.05, 0) is 51.8 Å². The number of methoxy groups -OCH3 is 1. The average molecular weight is 420 g/mol. The molecule has 0 saturated carbocycles. The molecule has 1 aromatic rings. The van der Waals surface area contributed by atoms with Crippen LogP contribution in [0.2, 0.25) is 0 Å². The number of likely N-dealkylation sites (tertiary alicyclic amines) is 1. The summed E-state index contributed by atoms with van der Waals surface area (Å²) in [5.74, 6) is 0.315. The molecule has 7 heteroatoms. The maximum Gasteiger partial charge on any atom is 0.252 e. The lowest BCUT2D eigenvalue weighted by Gasteiger charge is -2.20. The minimum absolute atomic E-state index is 0.125. The molecule has 1 aromatic carbocycles. The zero-order valence-corrected chi connectivity index (χ0v) is 15.1. The molecule has 1 aliphatic rings. The third-order valence-electron chi connectivity index (χ3n) is 3.27. The lowest BCUT2D eigenvalue weighted by atomic mass is 10.2. The number of carbonyl (C=O) groups is 2. The second-order valence-electron chi connectivity index (χ2n) is 5.06. The number of imide groups is 1. The number of hydrogen-bond donors (Lipinski definition) is 1. The van der Waals surface area contributed by atoms with Crippen molar-refractivity contribution in [1.29, 1.82) is 0 Å².